The summed E-state index contributed by atoms with van der Waals surface area (Å²) in [5.74, 6) is -0.549. The molecule has 0 unspecified atom stereocenters. The van der Waals surface area contributed by atoms with Gasteiger partial charge in [-0.25, -0.2) is 13.2 Å². The highest BCUT2D eigenvalue weighted by molar-refractivity contribution is 7.92. The number of carbonyl (C=O) groups is 1. The Balaban J connectivity index is 2.54. The summed E-state index contributed by atoms with van der Waals surface area (Å²) in [6.45, 7) is 1.19. The molecule has 0 spiro atoms. The van der Waals surface area contributed by atoms with Gasteiger partial charge in [-0.05, 0) is 26.7 Å². The molecule has 0 saturated carbocycles. The topological polar surface area (TPSA) is 104 Å². The summed E-state index contributed by atoms with van der Waals surface area (Å²) in [4.78, 5) is 16.4. The number of carbonyl (C=O) groups excluding carboxylic acids is 1. The largest absolute Gasteiger partial charge is 0.332 e. The molecule has 2 aromatic heterocycles. The lowest BCUT2D eigenvalue weighted by Crippen LogP contribution is -2.19. The molecule has 0 atom stereocenters. The number of hydrogen-bond acceptors (Lipinski definition) is 8. The van der Waals surface area contributed by atoms with E-state index in [2.05, 4.69) is 15.5 Å². The Bertz CT molecular complexity index is 688. The van der Waals surface area contributed by atoms with Crippen molar-refractivity contribution in [3.63, 3.8) is 0 Å². The van der Waals surface area contributed by atoms with Gasteiger partial charge in [-0.15, -0.1) is 16.4 Å². The summed E-state index contributed by atoms with van der Waals surface area (Å²) in [6.07, 6.45) is 1.09. The van der Waals surface area contributed by atoms with E-state index in [-0.39, 0.29) is 10.0 Å². The van der Waals surface area contributed by atoms with Gasteiger partial charge in [0.15, 0.2) is 9.84 Å². The molecule has 0 radical (unpaired) electrons. The predicted octanol–water partition coefficient (Wildman–Crippen LogP) is -0.220. The number of thiophene rings is 1. The SMILES string of the molecule is CC(=O)On1nnnc1-c1ccsc1S(C)(=O)=O. The molecule has 18 heavy (non-hydrogen) atoms. The first-order chi connectivity index (χ1) is 8.39. The second-order valence-corrected chi connectivity index (χ2v) is 6.48. The molecule has 0 N–H and O–H groups in total. The van der Waals surface area contributed by atoms with Gasteiger partial charge in [0.05, 0.1) is 5.56 Å². The minimum Gasteiger partial charge on any atom is -0.316 e. The minimum absolute atomic E-state index is 0.0619. The quantitative estimate of drug-likeness (QED) is 0.719. The molecule has 2 aromatic rings. The molecule has 0 amide bonds. The van der Waals surface area contributed by atoms with Crippen molar-refractivity contribution in [3.05, 3.63) is 11.4 Å². The lowest BCUT2D eigenvalue weighted by atomic mass is 10.3. The molecule has 0 aliphatic rings. The Morgan fingerprint density at radius 2 is 2.22 bits per heavy atom. The van der Waals surface area contributed by atoms with E-state index >= 15 is 0 Å². The Labute approximate surface area is 106 Å². The van der Waals surface area contributed by atoms with Crippen molar-refractivity contribution in [2.75, 3.05) is 6.26 Å². The Morgan fingerprint density at radius 3 is 2.83 bits per heavy atom. The van der Waals surface area contributed by atoms with Gasteiger partial charge in [0.25, 0.3) is 0 Å². The summed E-state index contributed by atoms with van der Waals surface area (Å²) in [7, 11) is -3.39. The zero-order valence-electron chi connectivity index (χ0n) is 9.39. The maximum atomic E-state index is 11.6. The third-order valence-corrected chi connectivity index (χ3v) is 4.66. The zero-order valence-corrected chi connectivity index (χ0v) is 11.0. The average molecular weight is 288 g/mol. The molecule has 0 saturated heterocycles. The van der Waals surface area contributed by atoms with Crippen LogP contribution in [0, 0.1) is 0 Å². The first kappa shape index (κ1) is 12.6. The van der Waals surface area contributed by atoms with Gasteiger partial charge < -0.3 is 4.84 Å². The highest BCUT2D eigenvalue weighted by Gasteiger charge is 2.22. The molecule has 0 fully saturated rings. The molecule has 0 aliphatic heterocycles. The zero-order chi connectivity index (χ0) is 13.3. The van der Waals surface area contributed by atoms with Crippen molar-refractivity contribution >= 4 is 27.1 Å². The van der Waals surface area contributed by atoms with Crippen LogP contribution in [0.25, 0.3) is 11.4 Å². The minimum atomic E-state index is -3.39. The van der Waals surface area contributed by atoms with Crippen molar-refractivity contribution in [3.8, 4) is 11.4 Å². The Morgan fingerprint density at radius 1 is 1.50 bits per heavy atom. The predicted molar refractivity (Wildman–Crippen MR) is 61.5 cm³/mol. The average Bonchev–Trinajstić information content (AvgIpc) is 2.81. The summed E-state index contributed by atoms with van der Waals surface area (Å²) in [5, 5.41) is 12.1. The van der Waals surface area contributed by atoms with Crippen LogP contribution in [0.15, 0.2) is 15.7 Å². The van der Waals surface area contributed by atoms with Gasteiger partial charge in [0, 0.05) is 13.2 Å². The lowest BCUT2D eigenvalue weighted by molar-refractivity contribution is -0.143. The molecule has 96 valence electrons. The van der Waals surface area contributed by atoms with Crippen molar-refractivity contribution in [2.45, 2.75) is 11.1 Å². The van der Waals surface area contributed by atoms with Gasteiger partial charge in [0.1, 0.15) is 4.21 Å². The van der Waals surface area contributed by atoms with Crippen LogP contribution in [0.4, 0.5) is 0 Å². The van der Waals surface area contributed by atoms with E-state index in [0.717, 1.165) is 22.4 Å². The van der Waals surface area contributed by atoms with Crippen LogP contribution in [-0.2, 0) is 14.6 Å². The van der Waals surface area contributed by atoms with Gasteiger partial charge in [-0.1, -0.05) is 0 Å². The molecular weight excluding hydrogens is 280 g/mol. The molecule has 8 nitrogen and oxygen atoms in total. The summed E-state index contributed by atoms with van der Waals surface area (Å²) >= 11 is 1.04. The second kappa shape index (κ2) is 4.46. The second-order valence-electron chi connectivity index (χ2n) is 3.35. The number of sulfone groups is 1. The van der Waals surface area contributed by atoms with E-state index in [1.165, 1.54) is 6.92 Å². The number of hydrogen-bond donors (Lipinski definition) is 0. The van der Waals surface area contributed by atoms with Crippen LogP contribution in [0.5, 0.6) is 0 Å². The normalized spacial score (nSPS) is 11.4. The van der Waals surface area contributed by atoms with E-state index in [4.69, 9.17) is 4.84 Å². The highest BCUT2D eigenvalue weighted by Crippen LogP contribution is 2.30. The van der Waals surface area contributed by atoms with Crippen LogP contribution in [-0.4, -0.2) is 41.0 Å². The maximum Gasteiger partial charge on any atom is 0.332 e. The first-order valence-electron chi connectivity index (χ1n) is 4.65. The smallest absolute Gasteiger partial charge is 0.316 e. The van der Waals surface area contributed by atoms with Gasteiger partial charge in [-0.3, -0.25) is 0 Å². The number of tetrazole rings is 1. The van der Waals surface area contributed by atoms with E-state index in [9.17, 15) is 13.2 Å². The fourth-order valence-corrected chi connectivity index (χ4v) is 3.31. The molecule has 2 rings (SSSR count). The van der Waals surface area contributed by atoms with Gasteiger partial charge in [-0.2, -0.15) is 0 Å². The molecular formula is C8H8N4O4S2. The summed E-state index contributed by atoms with van der Waals surface area (Å²) < 4.78 is 23.3. The molecule has 0 aromatic carbocycles. The maximum absolute atomic E-state index is 11.6. The molecule has 2 heterocycles. The van der Waals surface area contributed by atoms with Crippen molar-refractivity contribution < 1.29 is 18.0 Å². The van der Waals surface area contributed by atoms with Crippen molar-refractivity contribution in [2.24, 2.45) is 0 Å². The number of nitrogens with zero attached hydrogens (tertiary/aromatic N) is 4. The molecule has 0 aliphatic carbocycles. The number of aromatic nitrogens is 4. The van der Waals surface area contributed by atoms with Crippen LogP contribution < -0.4 is 4.84 Å². The fourth-order valence-electron chi connectivity index (χ4n) is 1.27. The van der Waals surface area contributed by atoms with Crippen molar-refractivity contribution in [1.29, 1.82) is 0 Å². The van der Waals surface area contributed by atoms with E-state index in [1.54, 1.807) is 11.4 Å². The third kappa shape index (κ3) is 2.38. The van der Waals surface area contributed by atoms with Crippen LogP contribution in [0.1, 0.15) is 6.92 Å². The Hall–Kier alpha value is -1.81. The first-order valence-corrected chi connectivity index (χ1v) is 7.42. The molecule has 10 heteroatoms. The van der Waals surface area contributed by atoms with Gasteiger partial charge >= 0.3 is 5.97 Å². The standard InChI is InChI=1S/C8H8N4O4S2/c1-5(13)16-12-7(9-10-11-12)6-3-4-17-8(6)18(2,14)15/h3-4H,1-2H3. The molecule has 0 bridgehead atoms. The van der Waals surface area contributed by atoms with Gasteiger partial charge in [0.2, 0.25) is 5.82 Å². The van der Waals surface area contributed by atoms with Crippen molar-refractivity contribution in [1.82, 2.24) is 20.4 Å². The van der Waals surface area contributed by atoms with Crippen LogP contribution in [0.3, 0.4) is 0 Å². The Kier molecular flexibility index (Phi) is 3.13. The highest BCUT2D eigenvalue weighted by atomic mass is 32.2. The van der Waals surface area contributed by atoms with E-state index in [1.807, 2.05) is 0 Å². The fraction of sp³-hybridized carbons (Fsp3) is 0.250. The van der Waals surface area contributed by atoms with Crippen LogP contribution >= 0.6 is 11.3 Å². The third-order valence-electron chi connectivity index (χ3n) is 1.86. The summed E-state index contributed by atoms with van der Waals surface area (Å²) in [6, 6.07) is 1.55. The van der Waals surface area contributed by atoms with Crippen LogP contribution in [0.2, 0.25) is 0 Å². The monoisotopic (exact) mass is 288 g/mol. The lowest BCUT2D eigenvalue weighted by Gasteiger charge is -2.02. The summed E-state index contributed by atoms with van der Waals surface area (Å²) in [5.41, 5.74) is 0.300. The number of rotatable bonds is 3. The van der Waals surface area contributed by atoms with E-state index < -0.39 is 15.8 Å². The van der Waals surface area contributed by atoms with E-state index in [0.29, 0.717) is 5.56 Å².